The van der Waals surface area contributed by atoms with Crippen LogP contribution in [0, 0.1) is 13.8 Å². The molecule has 3 aromatic rings. The van der Waals surface area contributed by atoms with E-state index in [1.165, 1.54) is 16.8 Å². The predicted molar refractivity (Wildman–Crippen MR) is 120 cm³/mol. The number of rotatable bonds is 6. The topological polar surface area (TPSA) is 65.4 Å². The molecule has 2 aromatic carbocycles. The van der Waals surface area contributed by atoms with Crippen LogP contribution in [0.3, 0.4) is 0 Å². The molecule has 162 valence electrons. The number of hydrogen-bond acceptors (Lipinski definition) is 4. The maximum absolute atomic E-state index is 12.9. The first kappa shape index (κ1) is 21.0. The number of benzene rings is 2. The average Bonchev–Trinajstić information content (AvgIpc) is 3.21. The molecule has 4 rings (SSSR count). The fraction of sp³-hybridized carbons (Fsp3) is 0.360. The first-order chi connectivity index (χ1) is 15.0. The summed E-state index contributed by atoms with van der Waals surface area (Å²) in [5.41, 5.74) is 6.67. The van der Waals surface area contributed by atoms with E-state index in [2.05, 4.69) is 42.5 Å². The molecule has 0 radical (unpaired) electrons. The van der Waals surface area contributed by atoms with Crippen LogP contribution in [0.4, 0.5) is 0 Å². The molecule has 0 spiro atoms. The largest absolute Gasteiger partial charge is 0.497 e. The second-order valence-electron chi connectivity index (χ2n) is 8.09. The third kappa shape index (κ3) is 4.29. The Kier molecular flexibility index (Phi) is 5.98. The SMILES string of the molecule is COc1ccc(OC)c(CC(=O)N[C@H]2CCCc3c2cnn3-c2ccc(C)c(C)c2)c1. The average molecular weight is 420 g/mol. The van der Waals surface area contributed by atoms with E-state index in [9.17, 15) is 4.79 Å². The molecule has 6 heteroatoms. The third-order valence-corrected chi connectivity index (χ3v) is 6.09. The third-order valence-electron chi connectivity index (χ3n) is 6.09. The Hall–Kier alpha value is -3.28. The minimum atomic E-state index is -0.0386. The van der Waals surface area contributed by atoms with Crippen LogP contribution in [-0.4, -0.2) is 29.9 Å². The summed E-state index contributed by atoms with van der Waals surface area (Å²) in [6.45, 7) is 4.23. The van der Waals surface area contributed by atoms with Gasteiger partial charge in [-0.3, -0.25) is 4.79 Å². The molecule has 1 heterocycles. The van der Waals surface area contributed by atoms with Crippen LogP contribution in [-0.2, 0) is 17.6 Å². The minimum Gasteiger partial charge on any atom is -0.497 e. The number of carbonyl (C=O) groups is 1. The van der Waals surface area contributed by atoms with Crippen molar-refractivity contribution in [3.05, 3.63) is 70.5 Å². The van der Waals surface area contributed by atoms with Crippen molar-refractivity contribution in [2.75, 3.05) is 14.2 Å². The van der Waals surface area contributed by atoms with Crippen LogP contribution in [0.15, 0.2) is 42.6 Å². The van der Waals surface area contributed by atoms with Crippen molar-refractivity contribution in [2.24, 2.45) is 0 Å². The number of methoxy groups -OCH3 is 2. The number of nitrogens with one attached hydrogen (secondary N) is 1. The van der Waals surface area contributed by atoms with Crippen molar-refractivity contribution in [1.82, 2.24) is 15.1 Å². The molecule has 1 aliphatic rings. The van der Waals surface area contributed by atoms with Gasteiger partial charge in [0.1, 0.15) is 11.5 Å². The van der Waals surface area contributed by atoms with Gasteiger partial charge in [-0.25, -0.2) is 4.68 Å². The molecule has 0 fully saturated rings. The number of aromatic nitrogens is 2. The van der Waals surface area contributed by atoms with Gasteiger partial charge < -0.3 is 14.8 Å². The summed E-state index contributed by atoms with van der Waals surface area (Å²) in [5.74, 6) is 1.35. The zero-order valence-electron chi connectivity index (χ0n) is 18.6. The normalized spacial score (nSPS) is 15.3. The van der Waals surface area contributed by atoms with Gasteiger partial charge in [-0.1, -0.05) is 6.07 Å². The lowest BCUT2D eigenvalue weighted by Gasteiger charge is -2.24. The highest BCUT2D eigenvalue weighted by Gasteiger charge is 2.26. The van der Waals surface area contributed by atoms with Gasteiger partial charge in [0, 0.05) is 16.8 Å². The van der Waals surface area contributed by atoms with Gasteiger partial charge in [-0.15, -0.1) is 0 Å². The van der Waals surface area contributed by atoms with Crippen LogP contribution in [0.25, 0.3) is 5.69 Å². The van der Waals surface area contributed by atoms with E-state index in [4.69, 9.17) is 9.47 Å². The summed E-state index contributed by atoms with van der Waals surface area (Å²) in [7, 11) is 3.22. The van der Waals surface area contributed by atoms with Gasteiger partial charge in [0.15, 0.2) is 0 Å². The lowest BCUT2D eigenvalue weighted by molar-refractivity contribution is -0.121. The predicted octanol–water partition coefficient (Wildman–Crippen LogP) is 4.24. The first-order valence-electron chi connectivity index (χ1n) is 10.6. The molecule has 31 heavy (non-hydrogen) atoms. The molecule has 1 N–H and O–H groups in total. The molecular formula is C25H29N3O3. The van der Waals surface area contributed by atoms with Crippen LogP contribution in [0.2, 0.25) is 0 Å². The Labute approximate surface area is 183 Å². The number of fused-ring (bicyclic) bond motifs is 1. The molecule has 0 aliphatic heterocycles. The van der Waals surface area contributed by atoms with E-state index in [1.807, 2.05) is 29.1 Å². The molecule has 6 nitrogen and oxygen atoms in total. The van der Waals surface area contributed by atoms with Crippen LogP contribution in [0.5, 0.6) is 11.5 Å². The first-order valence-corrected chi connectivity index (χ1v) is 10.6. The van der Waals surface area contributed by atoms with Gasteiger partial charge in [0.2, 0.25) is 5.91 Å². The second kappa shape index (κ2) is 8.84. The minimum absolute atomic E-state index is 0.0341. The van der Waals surface area contributed by atoms with Crippen molar-refractivity contribution in [3.8, 4) is 17.2 Å². The Balaban J connectivity index is 1.54. The van der Waals surface area contributed by atoms with Crippen LogP contribution < -0.4 is 14.8 Å². The standard InChI is InChI=1S/C25H29N3O3/c1-16-8-9-19(12-17(16)2)28-23-7-5-6-22(21(23)15-26-28)27-25(29)14-18-13-20(30-3)10-11-24(18)31-4/h8-13,15,22H,5-7,14H2,1-4H3,(H,27,29)/t22-/m0/s1. The van der Waals surface area contributed by atoms with Crippen molar-refractivity contribution in [2.45, 2.75) is 45.6 Å². The van der Waals surface area contributed by atoms with Gasteiger partial charge in [-0.2, -0.15) is 5.10 Å². The maximum Gasteiger partial charge on any atom is 0.225 e. The summed E-state index contributed by atoms with van der Waals surface area (Å²) in [6, 6.07) is 11.9. The highest BCUT2D eigenvalue weighted by molar-refractivity contribution is 5.80. The lowest BCUT2D eigenvalue weighted by atomic mass is 9.92. The van der Waals surface area contributed by atoms with Gasteiger partial charge in [-0.05, 0) is 74.6 Å². The monoisotopic (exact) mass is 419 g/mol. The summed E-state index contributed by atoms with van der Waals surface area (Å²) < 4.78 is 12.7. The lowest BCUT2D eigenvalue weighted by Crippen LogP contribution is -2.32. The molecule has 1 atom stereocenters. The quantitative estimate of drug-likeness (QED) is 0.649. The molecule has 0 bridgehead atoms. The van der Waals surface area contributed by atoms with E-state index < -0.39 is 0 Å². The summed E-state index contributed by atoms with van der Waals surface area (Å²) in [4.78, 5) is 12.9. The number of hydrogen-bond donors (Lipinski definition) is 1. The molecule has 1 aromatic heterocycles. The summed E-state index contributed by atoms with van der Waals surface area (Å²) in [6.07, 6.45) is 5.01. The van der Waals surface area contributed by atoms with E-state index in [0.717, 1.165) is 36.1 Å². The van der Waals surface area contributed by atoms with Gasteiger partial charge in [0.05, 0.1) is 38.6 Å². The van der Waals surface area contributed by atoms with E-state index in [0.29, 0.717) is 11.5 Å². The van der Waals surface area contributed by atoms with E-state index in [-0.39, 0.29) is 18.4 Å². The van der Waals surface area contributed by atoms with E-state index >= 15 is 0 Å². The fourth-order valence-electron chi connectivity index (χ4n) is 4.23. The van der Waals surface area contributed by atoms with E-state index in [1.54, 1.807) is 14.2 Å². The Morgan fingerprint density at radius 3 is 2.71 bits per heavy atom. The Bertz CT molecular complexity index is 1100. The smallest absolute Gasteiger partial charge is 0.225 e. The van der Waals surface area contributed by atoms with Crippen molar-refractivity contribution in [3.63, 3.8) is 0 Å². The van der Waals surface area contributed by atoms with Gasteiger partial charge >= 0.3 is 0 Å². The highest BCUT2D eigenvalue weighted by atomic mass is 16.5. The second-order valence-corrected chi connectivity index (χ2v) is 8.09. The number of carbonyl (C=O) groups excluding carboxylic acids is 1. The molecule has 1 amide bonds. The molecular weight excluding hydrogens is 390 g/mol. The summed E-state index contributed by atoms with van der Waals surface area (Å²) in [5, 5.41) is 7.87. The number of amides is 1. The van der Waals surface area contributed by atoms with Crippen LogP contribution >= 0.6 is 0 Å². The molecule has 0 unspecified atom stereocenters. The molecule has 0 saturated carbocycles. The fourth-order valence-corrected chi connectivity index (χ4v) is 4.23. The zero-order chi connectivity index (χ0) is 22.0. The number of ether oxygens (including phenoxy) is 2. The van der Waals surface area contributed by atoms with Crippen molar-refractivity contribution < 1.29 is 14.3 Å². The maximum atomic E-state index is 12.9. The Morgan fingerprint density at radius 2 is 1.97 bits per heavy atom. The van der Waals surface area contributed by atoms with Crippen molar-refractivity contribution >= 4 is 5.91 Å². The highest BCUT2D eigenvalue weighted by Crippen LogP contribution is 2.32. The summed E-state index contributed by atoms with van der Waals surface area (Å²) >= 11 is 0. The number of aryl methyl sites for hydroxylation is 2. The van der Waals surface area contributed by atoms with Crippen LogP contribution in [0.1, 0.15) is 46.8 Å². The Morgan fingerprint density at radius 1 is 1.13 bits per heavy atom. The van der Waals surface area contributed by atoms with Crippen molar-refractivity contribution in [1.29, 1.82) is 0 Å². The molecule has 1 aliphatic carbocycles. The zero-order valence-corrected chi connectivity index (χ0v) is 18.6. The molecule has 0 saturated heterocycles. The van der Waals surface area contributed by atoms with Gasteiger partial charge in [0.25, 0.3) is 0 Å². The number of nitrogens with zero attached hydrogens (tertiary/aromatic N) is 2.